The van der Waals surface area contributed by atoms with E-state index in [1.165, 1.54) is 4.88 Å². The number of ether oxygens (including phenoxy) is 1. The Labute approximate surface area is 105 Å². The van der Waals surface area contributed by atoms with E-state index in [4.69, 9.17) is 4.74 Å². The highest BCUT2D eigenvalue weighted by Crippen LogP contribution is 2.25. The molecular weight excluding hydrogens is 232 g/mol. The van der Waals surface area contributed by atoms with Gasteiger partial charge in [0.1, 0.15) is 5.82 Å². The van der Waals surface area contributed by atoms with Crippen LogP contribution < -0.4 is 10.1 Å². The van der Waals surface area contributed by atoms with E-state index >= 15 is 0 Å². The minimum absolute atomic E-state index is 0.314. The molecule has 0 aliphatic carbocycles. The van der Waals surface area contributed by atoms with Crippen LogP contribution in [0.5, 0.6) is 5.88 Å². The second kappa shape index (κ2) is 5.68. The first-order valence-electron chi connectivity index (χ1n) is 5.64. The first-order chi connectivity index (χ1) is 8.33. The molecule has 4 heteroatoms. The predicted octanol–water partition coefficient (Wildman–Crippen LogP) is 3.71. The van der Waals surface area contributed by atoms with Crippen LogP contribution in [0.1, 0.15) is 24.3 Å². The fourth-order valence-electron chi connectivity index (χ4n) is 1.65. The van der Waals surface area contributed by atoms with Crippen molar-refractivity contribution >= 4 is 17.2 Å². The fraction of sp³-hybridized carbons (Fsp3) is 0.308. The lowest BCUT2D eigenvalue weighted by atomic mass is 10.2. The molecule has 1 atom stereocenters. The number of rotatable bonds is 5. The summed E-state index contributed by atoms with van der Waals surface area (Å²) in [6, 6.07) is 10.3. The first kappa shape index (κ1) is 11.9. The molecular formula is C13H16N2OS. The van der Waals surface area contributed by atoms with E-state index in [-0.39, 0.29) is 0 Å². The molecule has 3 nitrogen and oxygen atoms in total. The third-order valence-electron chi connectivity index (χ3n) is 2.55. The van der Waals surface area contributed by atoms with E-state index in [2.05, 4.69) is 34.7 Å². The number of pyridine rings is 1. The van der Waals surface area contributed by atoms with Gasteiger partial charge in [-0.05, 0) is 23.9 Å². The van der Waals surface area contributed by atoms with Crippen LogP contribution in [-0.4, -0.2) is 12.1 Å². The maximum Gasteiger partial charge on any atom is 0.214 e. The molecule has 1 N–H and O–H groups in total. The van der Waals surface area contributed by atoms with Crippen molar-refractivity contribution in [3.8, 4) is 5.88 Å². The summed E-state index contributed by atoms with van der Waals surface area (Å²) in [5, 5.41) is 5.52. The van der Waals surface area contributed by atoms with Gasteiger partial charge in [0.2, 0.25) is 5.88 Å². The van der Waals surface area contributed by atoms with Crippen LogP contribution >= 0.6 is 11.3 Å². The van der Waals surface area contributed by atoms with Crippen LogP contribution in [0, 0.1) is 0 Å². The SMILES string of the molecule is CCC(Nc1cccc(OC)n1)c1cccs1. The highest BCUT2D eigenvalue weighted by atomic mass is 32.1. The van der Waals surface area contributed by atoms with Gasteiger partial charge in [0.05, 0.1) is 13.2 Å². The van der Waals surface area contributed by atoms with E-state index in [0.29, 0.717) is 11.9 Å². The number of methoxy groups -OCH3 is 1. The van der Waals surface area contributed by atoms with Crippen LogP contribution in [0.25, 0.3) is 0 Å². The average molecular weight is 248 g/mol. The summed E-state index contributed by atoms with van der Waals surface area (Å²) < 4.78 is 5.11. The molecule has 0 bridgehead atoms. The minimum Gasteiger partial charge on any atom is -0.481 e. The molecule has 2 rings (SSSR count). The van der Waals surface area contributed by atoms with Gasteiger partial charge in [0, 0.05) is 10.9 Å². The Bertz CT molecular complexity index is 456. The van der Waals surface area contributed by atoms with Crippen molar-refractivity contribution in [2.45, 2.75) is 19.4 Å². The summed E-state index contributed by atoms with van der Waals surface area (Å²) in [6.07, 6.45) is 1.03. The van der Waals surface area contributed by atoms with Crippen molar-refractivity contribution in [1.82, 2.24) is 4.98 Å². The molecule has 0 aromatic carbocycles. The van der Waals surface area contributed by atoms with Gasteiger partial charge in [-0.2, -0.15) is 4.98 Å². The van der Waals surface area contributed by atoms with Crippen molar-refractivity contribution < 1.29 is 4.74 Å². The lowest BCUT2D eigenvalue weighted by Gasteiger charge is -2.16. The van der Waals surface area contributed by atoms with Crippen molar-refractivity contribution in [3.63, 3.8) is 0 Å². The predicted molar refractivity (Wildman–Crippen MR) is 71.8 cm³/mol. The number of hydrogen-bond acceptors (Lipinski definition) is 4. The molecule has 0 saturated heterocycles. The molecule has 0 fully saturated rings. The molecule has 0 aliphatic heterocycles. The highest BCUT2D eigenvalue weighted by Gasteiger charge is 2.10. The molecule has 0 aliphatic rings. The number of nitrogens with zero attached hydrogens (tertiary/aromatic N) is 1. The third kappa shape index (κ3) is 2.97. The number of thiophene rings is 1. The Kier molecular flexibility index (Phi) is 3.98. The van der Waals surface area contributed by atoms with E-state index in [1.54, 1.807) is 18.4 Å². The van der Waals surface area contributed by atoms with Crippen LogP contribution in [0.2, 0.25) is 0 Å². The van der Waals surface area contributed by atoms with Crippen molar-refractivity contribution in [2.24, 2.45) is 0 Å². The molecule has 90 valence electrons. The van der Waals surface area contributed by atoms with Crippen molar-refractivity contribution in [3.05, 3.63) is 40.6 Å². The molecule has 1 unspecified atom stereocenters. The average Bonchev–Trinajstić information content (AvgIpc) is 2.90. The second-order valence-electron chi connectivity index (χ2n) is 3.69. The van der Waals surface area contributed by atoms with Crippen LogP contribution in [-0.2, 0) is 0 Å². The Hall–Kier alpha value is -1.55. The molecule has 0 spiro atoms. The number of nitrogens with one attached hydrogen (secondary N) is 1. The van der Waals surface area contributed by atoms with Gasteiger partial charge in [0.25, 0.3) is 0 Å². The molecule has 0 radical (unpaired) electrons. The summed E-state index contributed by atoms with van der Waals surface area (Å²) in [7, 11) is 1.63. The second-order valence-corrected chi connectivity index (χ2v) is 4.67. The van der Waals surface area contributed by atoms with Gasteiger partial charge in [-0.25, -0.2) is 0 Å². The zero-order chi connectivity index (χ0) is 12.1. The van der Waals surface area contributed by atoms with Gasteiger partial charge in [-0.3, -0.25) is 0 Å². The molecule has 2 aromatic heterocycles. The smallest absolute Gasteiger partial charge is 0.214 e. The highest BCUT2D eigenvalue weighted by molar-refractivity contribution is 7.10. The van der Waals surface area contributed by atoms with E-state index in [1.807, 2.05) is 18.2 Å². The fourth-order valence-corrected chi connectivity index (χ4v) is 2.51. The summed E-state index contributed by atoms with van der Waals surface area (Å²) in [4.78, 5) is 5.69. The largest absolute Gasteiger partial charge is 0.481 e. The monoisotopic (exact) mass is 248 g/mol. The molecule has 0 amide bonds. The van der Waals surface area contributed by atoms with E-state index in [9.17, 15) is 0 Å². The quantitative estimate of drug-likeness (QED) is 0.875. The van der Waals surface area contributed by atoms with Crippen LogP contribution in [0.15, 0.2) is 35.7 Å². The zero-order valence-corrected chi connectivity index (χ0v) is 10.8. The molecule has 2 aromatic rings. The maximum atomic E-state index is 5.11. The number of anilines is 1. The molecule has 17 heavy (non-hydrogen) atoms. The van der Waals surface area contributed by atoms with Gasteiger partial charge in [-0.1, -0.05) is 19.1 Å². The maximum absolute atomic E-state index is 5.11. The zero-order valence-electron chi connectivity index (χ0n) is 10.0. The summed E-state index contributed by atoms with van der Waals surface area (Å²) in [6.45, 7) is 2.16. The summed E-state index contributed by atoms with van der Waals surface area (Å²) in [5.41, 5.74) is 0. The van der Waals surface area contributed by atoms with Gasteiger partial charge in [0.15, 0.2) is 0 Å². The number of aromatic nitrogens is 1. The van der Waals surface area contributed by atoms with Crippen molar-refractivity contribution in [1.29, 1.82) is 0 Å². The lowest BCUT2D eigenvalue weighted by Crippen LogP contribution is -2.09. The normalized spacial score (nSPS) is 12.1. The van der Waals surface area contributed by atoms with Gasteiger partial charge >= 0.3 is 0 Å². The van der Waals surface area contributed by atoms with E-state index in [0.717, 1.165) is 12.2 Å². The minimum atomic E-state index is 0.314. The van der Waals surface area contributed by atoms with Crippen LogP contribution in [0.3, 0.4) is 0 Å². The van der Waals surface area contributed by atoms with Crippen molar-refractivity contribution in [2.75, 3.05) is 12.4 Å². The van der Waals surface area contributed by atoms with Gasteiger partial charge in [-0.15, -0.1) is 11.3 Å². The summed E-state index contributed by atoms with van der Waals surface area (Å²) >= 11 is 1.76. The molecule has 0 saturated carbocycles. The first-order valence-corrected chi connectivity index (χ1v) is 6.52. The topological polar surface area (TPSA) is 34.1 Å². The van der Waals surface area contributed by atoms with Crippen LogP contribution in [0.4, 0.5) is 5.82 Å². The Morgan fingerprint density at radius 2 is 2.24 bits per heavy atom. The van der Waals surface area contributed by atoms with E-state index < -0.39 is 0 Å². The summed E-state index contributed by atoms with van der Waals surface area (Å²) in [5.74, 6) is 1.49. The standard InChI is InChI=1S/C13H16N2OS/c1-3-10(11-6-5-9-17-11)14-12-7-4-8-13(15-12)16-2/h4-10H,3H2,1-2H3,(H,14,15). The Morgan fingerprint density at radius 1 is 1.35 bits per heavy atom. The lowest BCUT2D eigenvalue weighted by molar-refractivity contribution is 0.398. The van der Waals surface area contributed by atoms with Gasteiger partial charge < -0.3 is 10.1 Å². The molecule has 2 heterocycles. The number of hydrogen-bond donors (Lipinski definition) is 1. The Balaban J connectivity index is 2.13. The Morgan fingerprint density at radius 3 is 2.88 bits per heavy atom. The third-order valence-corrected chi connectivity index (χ3v) is 3.54.